The van der Waals surface area contributed by atoms with Gasteiger partial charge in [-0.1, -0.05) is 50.2 Å². The van der Waals surface area contributed by atoms with Crippen LogP contribution in [0.4, 0.5) is 17.1 Å². The van der Waals surface area contributed by atoms with Crippen LogP contribution in [0.5, 0.6) is 0 Å². The van der Waals surface area contributed by atoms with Gasteiger partial charge < -0.3 is 16.0 Å². The molecule has 3 rings (SSSR count). The summed E-state index contributed by atoms with van der Waals surface area (Å²) in [5.41, 5.74) is 2.04. The smallest absolute Gasteiger partial charge is 0.243 e. The minimum atomic E-state index is -3.60. The predicted octanol–water partition coefficient (Wildman–Crippen LogP) is 4.35. The lowest BCUT2D eigenvalue weighted by Crippen LogP contribution is -2.30. The molecule has 0 unspecified atom stereocenters. The molecule has 32 heavy (non-hydrogen) atoms. The van der Waals surface area contributed by atoms with Crippen LogP contribution in [0.15, 0.2) is 65.6 Å². The topological polar surface area (TPSA) is 90.5 Å². The Morgan fingerprint density at radius 1 is 0.844 bits per heavy atom. The molecule has 0 radical (unpaired) electrons. The third-order valence-corrected chi connectivity index (χ3v) is 7.25. The lowest BCUT2D eigenvalue weighted by atomic mass is 10.1. The number of carbonyl (C=O) groups excluding carboxylic acids is 1. The van der Waals surface area contributed by atoms with Gasteiger partial charge in [-0.25, -0.2) is 8.42 Å². The van der Waals surface area contributed by atoms with Crippen molar-refractivity contribution < 1.29 is 13.2 Å². The van der Waals surface area contributed by atoms with Crippen LogP contribution in [0, 0.1) is 0 Å². The number of hydrogen-bond acceptors (Lipinski definition) is 5. The number of nitrogens with one attached hydrogen (secondary N) is 3. The molecular formula is C24H30N4O3S. The molecule has 3 N–H and O–H groups in total. The summed E-state index contributed by atoms with van der Waals surface area (Å²) in [6, 6.07) is 18.5. The molecule has 0 saturated heterocycles. The van der Waals surface area contributed by atoms with E-state index in [-0.39, 0.29) is 17.3 Å². The van der Waals surface area contributed by atoms with E-state index in [9.17, 15) is 13.2 Å². The Balaban J connectivity index is 1.80. The maximum atomic E-state index is 12.9. The SMILES string of the molecule is CCNc1ccc(S(=O)(=O)N(CC)CC)cc1NCC(=O)Nc1cccc2ccccc12. The zero-order valence-corrected chi connectivity index (χ0v) is 19.5. The van der Waals surface area contributed by atoms with Crippen LogP contribution in [0.2, 0.25) is 0 Å². The summed E-state index contributed by atoms with van der Waals surface area (Å²) in [5, 5.41) is 11.2. The summed E-state index contributed by atoms with van der Waals surface area (Å²) in [5.74, 6) is -0.221. The second-order valence-corrected chi connectivity index (χ2v) is 9.19. The van der Waals surface area contributed by atoms with Gasteiger partial charge in [-0.15, -0.1) is 0 Å². The molecule has 0 fully saturated rings. The van der Waals surface area contributed by atoms with E-state index in [1.165, 1.54) is 4.31 Å². The molecule has 0 bridgehead atoms. The molecule has 8 heteroatoms. The first-order chi connectivity index (χ1) is 15.4. The van der Waals surface area contributed by atoms with Crippen LogP contribution in [-0.2, 0) is 14.8 Å². The van der Waals surface area contributed by atoms with E-state index in [0.717, 1.165) is 22.1 Å². The molecule has 0 aliphatic heterocycles. The molecule has 0 aromatic heterocycles. The van der Waals surface area contributed by atoms with Crippen molar-refractivity contribution in [1.82, 2.24) is 4.31 Å². The zero-order valence-electron chi connectivity index (χ0n) is 18.7. The van der Waals surface area contributed by atoms with Gasteiger partial charge in [0.15, 0.2) is 0 Å². The quantitative estimate of drug-likeness (QED) is 0.424. The van der Waals surface area contributed by atoms with E-state index < -0.39 is 10.0 Å². The summed E-state index contributed by atoms with van der Waals surface area (Å²) < 4.78 is 27.2. The molecule has 0 heterocycles. The maximum Gasteiger partial charge on any atom is 0.243 e. The Labute approximate surface area is 189 Å². The molecular weight excluding hydrogens is 424 g/mol. The van der Waals surface area contributed by atoms with Gasteiger partial charge in [0.1, 0.15) is 0 Å². The van der Waals surface area contributed by atoms with Gasteiger partial charge in [0.05, 0.1) is 22.8 Å². The molecule has 0 saturated carbocycles. The number of hydrogen-bond donors (Lipinski definition) is 3. The first-order valence-electron chi connectivity index (χ1n) is 10.8. The molecule has 7 nitrogen and oxygen atoms in total. The van der Waals surface area contributed by atoms with E-state index in [1.807, 2.05) is 63.2 Å². The minimum absolute atomic E-state index is 0.00359. The summed E-state index contributed by atoms with van der Waals surface area (Å²) in [4.78, 5) is 12.9. The largest absolute Gasteiger partial charge is 0.384 e. The van der Waals surface area contributed by atoms with Gasteiger partial charge in [-0.05, 0) is 36.6 Å². The summed E-state index contributed by atoms with van der Waals surface area (Å²) in [7, 11) is -3.60. The molecule has 0 aliphatic rings. The van der Waals surface area contributed by atoms with Crippen molar-refractivity contribution in [2.45, 2.75) is 25.7 Å². The highest BCUT2D eigenvalue weighted by atomic mass is 32.2. The number of nitrogens with zero attached hydrogens (tertiary/aromatic N) is 1. The number of rotatable bonds is 10. The molecule has 3 aromatic rings. The Bertz CT molecular complexity index is 1190. The fraction of sp³-hybridized carbons (Fsp3) is 0.292. The van der Waals surface area contributed by atoms with Crippen molar-refractivity contribution in [2.24, 2.45) is 0 Å². The van der Waals surface area contributed by atoms with Crippen LogP contribution in [0.25, 0.3) is 10.8 Å². The Hall–Kier alpha value is -3.10. The Morgan fingerprint density at radius 2 is 1.56 bits per heavy atom. The maximum absolute atomic E-state index is 12.9. The first kappa shape index (κ1) is 23.6. The van der Waals surface area contributed by atoms with Gasteiger partial charge in [-0.3, -0.25) is 4.79 Å². The third kappa shape index (κ3) is 5.20. The second kappa shape index (κ2) is 10.5. The molecule has 170 valence electrons. The lowest BCUT2D eigenvalue weighted by Gasteiger charge is -2.20. The Kier molecular flexibility index (Phi) is 7.71. The monoisotopic (exact) mass is 454 g/mol. The molecule has 3 aromatic carbocycles. The average molecular weight is 455 g/mol. The van der Waals surface area contributed by atoms with Crippen LogP contribution in [-0.4, -0.2) is 44.8 Å². The minimum Gasteiger partial charge on any atom is -0.384 e. The fourth-order valence-corrected chi connectivity index (χ4v) is 5.08. The van der Waals surface area contributed by atoms with Gasteiger partial charge >= 0.3 is 0 Å². The summed E-state index contributed by atoms with van der Waals surface area (Å²) in [6.45, 7) is 7.02. The second-order valence-electron chi connectivity index (χ2n) is 7.26. The van der Waals surface area contributed by atoms with Crippen LogP contribution < -0.4 is 16.0 Å². The standard InChI is InChI=1S/C24H30N4O3S/c1-4-25-22-15-14-19(32(30,31)28(5-2)6-3)16-23(22)26-17-24(29)27-21-13-9-11-18-10-7-8-12-20(18)21/h7-16,25-26H,4-6,17H2,1-3H3,(H,27,29). The number of amides is 1. The fourth-order valence-electron chi connectivity index (χ4n) is 3.59. The summed E-state index contributed by atoms with van der Waals surface area (Å²) >= 11 is 0. The Morgan fingerprint density at radius 3 is 2.28 bits per heavy atom. The van der Waals surface area contributed by atoms with Crippen LogP contribution >= 0.6 is 0 Å². The zero-order chi connectivity index (χ0) is 23.1. The molecule has 0 spiro atoms. The third-order valence-electron chi connectivity index (χ3n) is 5.20. The number of sulfonamides is 1. The predicted molar refractivity (Wildman–Crippen MR) is 132 cm³/mol. The number of anilines is 3. The van der Waals surface area contributed by atoms with Crippen molar-refractivity contribution in [3.8, 4) is 0 Å². The van der Waals surface area contributed by atoms with Crippen LogP contribution in [0.1, 0.15) is 20.8 Å². The van der Waals surface area contributed by atoms with E-state index >= 15 is 0 Å². The van der Waals surface area contributed by atoms with Crippen molar-refractivity contribution in [1.29, 1.82) is 0 Å². The van der Waals surface area contributed by atoms with Crippen molar-refractivity contribution >= 4 is 43.8 Å². The van der Waals surface area contributed by atoms with E-state index in [0.29, 0.717) is 25.3 Å². The highest BCUT2D eigenvalue weighted by molar-refractivity contribution is 7.89. The van der Waals surface area contributed by atoms with Gasteiger partial charge in [0.25, 0.3) is 0 Å². The van der Waals surface area contributed by atoms with E-state index in [4.69, 9.17) is 0 Å². The van der Waals surface area contributed by atoms with Crippen LogP contribution in [0.3, 0.4) is 0 Å². The van der Waals surface area contributed by atoms with Gasteiger partial charge in [0, 0.05) is 30.7 Å². The van der Waals surface area contributed by atoms with Gasteiger partial charge in [0.2, 0.25) is 15.9 Å². The number of carbonyl (C=O) groups is 1. The molecule has 0 atom stereocenters. The normalized spacial score (nSPS) is 11.5. The highest BCUT2D eigenvalue weighted by Gasteiger charge is 2.22. The van der Waals surface area contributed by atoms with E-state index in [2.05, 4.69) is 16.0 Å². The number of fused-ring (bicyclic) bond motifs is 1. The molecule has 0 aliphatic carbocycles. The van der Waals surface area contributed by atoms with E-state index in [1.54, 1.807) is 18.2 Å². The van der Waals surface area contributed by atoms with Gasteiger partial charge in [-0.2, -0.15) is 4.31 Å². The lowest BCUT2D eigenvalue weighted by molar-refractivity contribution is -0.114. The van der Waals surface area contributed by atoms with Crippen molar-refractivity contribution in [3.63, 3.8) is 0 Å². The molecule has 1 amide bonds. The summed E-state index contributed by atoms with van der Waals surface area (Å²) in [6.07, 6.45) is 0. The van der Waals surface area contributed by atoms with Crippen molar-refractivity contribution in [3.05, 3.63) is 60.7 Å². The number of benzene rings is 3. The van der Waals surface area contributed by atoms with Crippen molar-refractivity contribution in [2.75, 3.05) is 42.1 Å². The average Bonchev–Trinajstić information content (AvgIpc) is 2.79. The highest BCUT2D eigenvalue weighted by Crippen LogP contribution is 2.27. The first-order valence-corrected chi connectivity index (χ1v) is 12.2.